The molecule has 1 saturated carbocycles. The minimum atomic E-state index is 0.266. The maximum absolute atomic E-state index is 6.13. The van der Waals surface area contributed by atoms with Crippen molar-refractivity contribution in [2.45, 2.75) is 65.0 Å². The summed E-state index contributed by atoms with van der Waals surface area (Å²) in [5, 5.41) is 0. The highest BCUT2D eigenvalue weighted by Gasteiger charge is 2.25. The van der Waals surface area contributed by atoms with Crippen LogP contribution in [0.1, 0.15) is 52.0 Å². The monoisotopic (exact) mass is 275 g/mol. The van der Waals surface area contributed by atoms with Gasteiger partial charge in [-0.15, -0.1) is 0 Å². The van der Waals surface area contributed by atoms with Crippen LogP contribution in [-0.4, -0.2) is 12.1 Å². The number of ether oxygens (including phenoxy) is 1. The first-order chi connectivity index (χ1) is 9.58. The largest absolute Gasteiger partial charge is 0.490 e. The van der Waals surface area contributed by atoms with Gasteiger partial charge in [0, 0.05) is 6.04 Å². The van der Waals surface area contributed by atoms with Crippen LogP contribution < -0.4 is 10.5 Å². The molecule has 1 fully saturated rings. The van der Waals surface area contributed by atoms with Crippen LogP contribution >= 0.6 is 0 Å². The van der Waals surface area contributed by atoms with Gasteiger partial charge in [0.25, 0.3) is 0 Å². The minimum absolute atomic E-state index is 0.266. The van der Waals surface area contributed by atoms with Crippen LogP contribution in [0.15, 0.2) is 24.3 Å². The molecule has 0 aliphatic heterocycles. The van der Waals surface area contributed by atoms with Crippen molar-refractivity contribution in [3.8, 4) is 5.75 Å². The molecule has 2 N–H and O–H groups in total. The van der Waals surface area contributed by atoms with Crippen LogP contribution in [0.25, 0.3) is 0 Å². The molecule has 4 unspecified atom stereocenters. The van der Waals surface area contributed by atoms with E-state index >= 15 is 0 Å². The third-order valence-corrected chi connectivity index (χ3v) is 4.80. The average Bonchev–Trinajstić information content (AvgIpc) is 2.45. The molecule has 0 amide bonds. The summed E-state index contributed by atoms with van der Waals surface area (Å²) in [5.74, 6) is 2.62. The van der Waals surface area contributed by atoms with Crippen molar-refractivity contribution in [1.82, 2.24) is 0 Å². The van der Waals surface area contributed by atoms with Crippen molar-refractivity contribution in [2.75, 3.05) is 0 Å². The Kier molecular flexibility index (Phi) is 5.47. The number of benzene rings is 1. The molecule has 0 spiro atoms. The van der Waals surface area contributed by atoms with E-state index in [1.165, 1.54) is 24.8 Å². The van der Waals surface area contributed by atoms with Gasteiger partial charge in [-0.1, -0.05) is 32.9 Å². The zero-order chi connectivity index (χ0) is 14.5. The van der Waals surface area contributed by atoms with Gasteiger partial charge in [-0.25, -0.2) is 0 Å². The Morgan fingerprint density at radius 3 is 2.45 bits per heavy atom. The number of hydrogen-bond acceptors (Lipinski definition) is 2. The lowest BCUT2D eigenvalue weighted by atomic mass is 9.80. The molecule has 1 aliphatic carbocycles. The van der Waals surface area contributed by atoms with E-state index in [2.05, 4.69) is 45.0 Å². The third-order valence-electron chi connectivity index (χ3n) is 4.80. The van der Waals surface area contributed by atoms with E-state index in [-0.39, 0.29) is 6.04 Å². The molecule has 1 aromatic carbocycles. The number of rotatable bonds is 5. The standard InChI is InChI=1S/C18H29NO/c1-4-16(19)12-15-6-9-17(10-7-15)20-18-8-5-13(2)14(3)11-18/h6-7,9-10,13-14,16,18H,4-5,8,11-12,19H2,1-3H3. The summed E-state index contributed by atoms with van der Waals surface area (Å²) in [7, 11) is 0. The van der Waals surface area contributed by atoms with E-state index in [1.807, 2.05) is 0 Å². The molecule has 0 bridgehead atoms. The first-order valence-electron chi connectivity index (χ1n) is 8.09. The maximum atomic E-state index is 6.13. The summed E-state index contributed by atoms with van der Waals surface area (Å²) in [5.41, 5.74) is 7.29. The van der Waals surface area contributed by atoms with Crippen molar-refractivity contribution >= 4 is 0 Å². The molecule has 2 heteroatoms. The Morgan fingerprint density at radius 2 is 1.85 bits per heavy atom. The van der Waals surface area contributed by atoms with Crippen LogP contribution in [0.4, 0.5) is 0 Å². The zero-order valence-electron chi connectivity index (χ0n) is 13.1. The van der Waals surface area contributed by atoms with Crippen LogP contribution in [-0.2, 0) is 6.42 Å². The molecule has 2 nitrogen and oxygen atoms in total. The number of nitrogens with two attached hydrogens (primary N) is 1. The van der Waals surface area contributed by atoms with Gasteiger partial charge in [-0.3, -0.25) is 0 Å². The van der Waals surface area contributed by atoms with Gasteiger partial charge in [0.2, 0.25) is 0 Å². The van der Waals surface area contributed by atoms with E-state index in [0.29, 0.717) is 6.10 Å². The second-order valence-electron chi connectivity index (χ2n) is 6.52. The first-order valence-corrected chi connectivity index (χ1v) is 8.09. The highest BCUT2D eigenvalue weighted by molar-refractivity contribution is 5.28. The molecule has 20 heavy (non-hydrogen) atoms. The second-order valence-corrected chi connectivity index (χ2v) is 6.52. The van der Waals surface area contributed by atoms with Gasteiger partial charge < -0.3 is 10.5 Å². The molecular weight excluding hydrogens is 246 g/mol. The highest BCUT2D eigenvalue weighted by Crippen LogP contribution is 2.31. The van der Waals surface area contributed by atoms with Gasteiger partial charge in [-0.2, -0.15) is 0 Å². The van der Waals surface area contributed by atoms with Crippen LogP contribution in [0.3, 0.4) is 0 Å². The van der Waals surface area contributed by atoms with Gasteiger partial charge >= 0.3 is 0 Å². The molecule has 0 aromatic heterocycles. The van der Waals surface area contributed by atoms with Crippen LogP contribution in [0.5, 0.6) is 5.75 Å². The van der Waals surface area contributed by atoms with Crippen molar-refractivity contribution in [3.63, 3.8) is 0 Å². The van der Waals surface area contributed by atoms with Gasteiger partial charge in [0.05, 0.1) is 6.10 Å². The lowest BCUT2D eigenvalue weighted by Crippen LogP contribution is -2.28. The summed E-state index contributed by atoms with van der Waals surface area (Å²) in [6, 6.07) is 8.77. The van der Waals surface area contributed by atoms with E-state index in [1.54, 1.807) is 0 Å². The first kappa shape index (κ1) is 15.4. The fourth-order valence-electron chi connectivity index (χ4n) is 2.95. The molecular formula is C18H29NO. The van der Waals surface area contributed by atoms with Crippen LogP contribution in [0.2, 0.25) is 0 Å². The average molecular weight is 275 g/mol. The Bertz CT molecular complexity index is 400. The smallest absolute Gasteiger partial charge is 0.119 e. The predicted octanol–water partition coefficient (Wildman–Crippen LogP) is 4.17. The SMILES string of the molecule is CCC(N)Cc1ccc(OC2CCC(C)C(C)C2)cc1. The van der Waals surface area contributed by atoms with E-state index in [4.69, 9.17) is 10.5 Å². The summed E-state index contributed by atoms with van der Waals surface area (Å²) >= 11 is 0. The maximum Gasteiger partial charge on any atom is 0.119 e. The third kappa shape index (κ3) is 4.24. The van der Waals surface area contributed by atoms with Gasteiger partial charge in [0.1, 0.15) is 5.75 Å². The Labute approximate surface area is 123 Å². The molecule has 1 aliphatic rings. The van der Waals surface area contributed by atoms with Crippen LogP contribution in [0, 0.1) is 11.8 Å². The zero-order valence-corrected chi connectivity index (χ0v) is 13.1. The minimum Gasteiger partial charge on any atom is -0.490 e. The van der Waals surface area contributed by atoms with Crippen molar-refractivity contribution < 1.29 is 4.74 Å². The normalized spacial score (nSPS) is 28.1. The van der Waals surface area contributed by atoms with Crippen molar-refractivity contribution in [2.24, 2.45) is 17.6 Å². The summed E-state index contributed by atoms with van der Waals surface area (Å²) in [4.78, 5) is 0. The molecule has 112 valence electrons. The predicted molar refractivity (Wildman–Crippen MR) is 85.0 cm³/mol. The fraction of sp³-hybridized carbons (Fsp3) is 0.667. The molecule has 1 aromatic rings. The number of hydrogen-bond donors (Lipinski definition) is 1. The fourth-order valence-corrected chi connectivity index (χ4v) is 2.95. The van der Waals surface area contributed by atoms with E-state index in [9.17, 15) is 0 Å². The Morgan fingerprint density at radius 1 is 1.15 bits per heavy atom. The van der Waals surface area contributed by atoms with Gasteiger partial charge in [0.15, 0.2) is 0 Å². The topological polar surface area (TPSA) is 35.2 Å². The summed E-state index contributed by atoms with van der Waals surface area (Å²) in [6.07, 6.45) is 6.03. The van der Waals surface area contributed by atoms with Gasteiger partial charge in [-0.05, 0) is 61.6 Å². The molecule has 4 atom stereocenters. The Hall–Kier alpha value is -1.02. The quantitative estimate of drug-likeness (QED) is 0.875. The molecule has 0 saturated heterocycles. The lowest BCUT2D eigenvalue weighted by molar-refractivity contribution is 0.101. The summed E-state index contributed by atoms with van der Waals surface area (Å²) < 4.78 is 6.13. The lowest BCUT2D eigenvalue weighted by Gasteiger charge is -2.32. The Balaban J connectivity index is 1.87. The molecule has 2 rings (SSSR count). The second kappa shape index (κ2) is 7.12. The van der Waals surface area contributed by atoms with Crippen molar-refractivity contribution in [3.05, 3.63) is 29.8 Å². The highest BCUT2D eigenvalue weighted by atomic mass is 16.5. The van der Waals surface area contributed by atoms with Crippen molar-refractivity contribution in [1.29, 1.82) is 0 Å². The van der Waals surface area contributed by atoms with E-state index in [0.717, 1.165) is 30.4 Å². The summed E-state index contributed by atoms with van der Waals surface area (Å²) in [6.45, 7) is 6.83. The van der Waals surface area contributed by atoms with E-state index < -0.39 is 0 Å². The molecule has 0 radical (unpaired) electrons. The molecule has 0 heterocycles.